The highest BCUT2D eigenvalue weighted by Gasteiger charge is 2.24. The van der Waals surface area contributed by atoms with E-state index in [1.54, 1.807) is 0 Å². The number of aliphatic hydroxyl groups is 1. The number of carbonyl (C=O) groups excluding carboxylic acids is 1. The predicted octanol–water partition coefficient (Wildman–Crippen LogP) is 19.6. The lowest BCUT2D eigenvalue weighted by molar-refractivity contribution is -0.870. The highest BCUT2D eigenvalue weighted by Crippen LogP contribution is 2.38. The van der Waals surface area contributed by atoms with Gasteiger partial charge in [-0.2, -0.15) is 0 Å². The van der Waals surface area contributed by atoms with E-state index in [0.717, 1.165) is 64.2 Å². The number of amides is 1. The molecule has 3 unspecified atom stereocenters. The van der Waals surface area contributed by atoms with Crippen LogP contribution in [0.3, 0.4) is 0 Å². The molecule has 0 aliphatic rings. The number of nitrogens with one attached hydrogen (secondary N) is 1. The van der Waals surface area contributed by atoms with Crippen molar-refractivity contribution in [2.75, 3.05) is 40.9 Å². The first-order valence-electron chi connectivity index (χ1n) is 32.5. The van der Waals surface area contributed by atoms with Crippen LogP contribution in [0.15, 0.2) is 48.6 Å². The molecule has 75 heavy (non-hydrogen) atoms. The number of carbonyl (C=O) groups is 1. The molecule has 3 atom stereocenters. The van der Waals surface area contributed by atoms with Crippen molar-refractivity contribution < 1.29 is 32.9 Å². The molecular weight excluding hydrogens is 948 g/mol. The fourth-order valence-corrected chi connectivity index (χ4v) is 10.5. The lowest BCUT2D eigenvalue weighted by Crippen LogP contribution is -2.46. The molecule has 0 radical (unpaired) electrons. The molecule has 2 N–H and O–H groups in total. The van der Waals surface area contributed by atoms with Gasteiger partial charge >= 0.3 is 0 Å². The van der Waals surface area contributed by atoms with Crippen LogP contribution in [0.1, 0.15) is 316 Å². The van der Waals surface area contributed by atoms with Crippen LogP contribution in [0, 0.1) is 0 Å². The number of allylic oxidation sites excluding steroid dienone is 8. The molecule has 0 aromatic rings. The summed E-state index contributed by atoms with van der Waals surface area (Å²) in [6, 6.07) is -0.799. The summed E-state index contributed by atoms with van der Waals surface area (Å²) in [5.74, 6) is -0.159. The second-order valence-electron chi connectivity index (χ2n) is 23.4. The monoisotopic (exact) mass is 1070 g/mol. The molecule has 0 aromatic heterocycles. The standard InChI is InChI=1S/C66H127N2O6P/c1-6-8-10-12-14-16-18-20-22-24-25-26-27-28-29-30-31-32-33-34-35-36-37-38-39-40-41-42-43-44-46-48-50-52-54-56-58-60-66(70)67-64(63-74-75(71,72)73-62-61-68(3,4)5)65(69)59-57-55-53-51-49-47-45-23-21-19-17-15-13-11-9-7-2/h8,10,14,16,20,22,25-26,64-65,69H,6-7,9,11-13,15,17-19,21,23-24,27-63H2,1-5H3,(H-,67,70,71,72)/b10-8-,16-14-,22-20-,26-25-. The van der Waals surface area contributed by atoms with Gasteiger partial charge in [-0.15, -0.1) is 0 Å². The summed E-state index contributed by atoms with van der Waals surface area (Å²) in [7, 11) is 1.32. The van der Waals surface area contributed by atoms with Crippen molar-refractivity contribution >= 4 is 13.7 Å². The first kappa shape index (κ1) is 73.5. The van der Waals surface area contributed by atoms with E-state index >= 15 is 0 Å². The van der Waals surface area contributed by atoms with Crippen molar-refractivity contribution in [2.45, 2.75) is 328 Å². The maximum Gasteiger partial charge on any atom is 0.268 e. The van der Waals surface area contributed by atoms with Crippen molar-refractivity contribution in [2.24, 2.45) is 0 Å². The number of phosphoric acid groups is 1. The summed E-state index contributed by atoms with van der Waals surface area (Å²) in [5.41, 5.74) is 0. The zero-order valence-corrected chi connectivity index (χ0v) is 51.4. The van der Waals surface area contributed by atoms with Gasteiger partial charge in [-0.25, -0.2) is 0 Å². The second kappa shape index (κ2) is 57.2. The van der Waals surface area contributed by atoms with Crippen LogP contribution in [0.25, 0.3) is 0 Å². The van der Waals surface area contributed by atoms with Crippen LogP contribution >= 0.6 is 7.82 Å². The molecule has 0 bridgehead atoms. The number of likely N-dealkylation sites (N-methyl/N-ethyl adjacent to an activating group) is 1. The number of phosphoric ester groups is 1. The minimum absolute atomic E-state index is 0.0141. The Morgan fingerprint density at radius 1 is 0.480 bits per heavy atom. The lowest BCUT2D eigenvalue weighted by atomic mass is 10.0. The molecular formula is C66H127N2O6P. The minimum atomic E-state index is -4.57. The molecule has 0 spiro atoms. The molecule has 0 aliphatic carbocycles. The normalized spacial score (nSPS) is 14.1. The summed E-state index contributed by atoms with van der Waals surface area (Å²) in [6.45, 7) is 4.65. The number of quaternary nitrogens is 1. The van der Waals surface area contributed by atoms with Gasteiger partial charge in [0.25, 0.3) is 7.82 Å². The van der Waals surface area contributed by atoms with Crippen LogP contribution in [-0.2, 0) is 18.4 Å². The average Bonchev–Trinajstić information content (AvgIpc) is 3.37. The quantitative estimate of drug-likeness (QED) is 0.0272. The van der Waals surface area contributed by atoms with Gasteiger partial charge < -0.3 is 28.8 Å². The van der Waals surface area contributed by atoms with E-state index in [0.29, 0.717) is 23.9 Å². The molecule has 8 nitrogen and oxygen atoms in total. The number of aliphatic hydroxyl groups excluding tert-OH is 1. The fraction of sp³-hybridized carbons (Fsp3) is 0.864. The Kier molecular flexibility index (Phi) is 56.0. The van der Waals surface area contributed by atoms with E-state index in [-0.39, 0.29) is 19.1 Å². The number of unbranched alkanes of at least 4 members (excludes halogenated alkanes) is 39. The van der Waals surface area contributed by atoms with Crippen molar-refractivity contribution in [1.29, 1.82) is 0 Å². The second-order valence-corrected chi connectivity index (χ2v) is 24.9. The van der Waals surface area contributed by atoms with Crippen molar-refractivity contribution in [3.05, 3.63) is 48.6 Å². The van der Waals surface area contributed by atoms with Gasteiger partial charge in [0.2, 0.25) is 5.91 Å². The van der Waals surface area contributed by atoms with Gasteiger partial charge in [0.1, 0.15) is 13.2 Å². The van der Waals surface area contributed by atoms with Crippen LogP contribution in [0.5, 0.6) is 0 Å². The minimum Gasteiger partial charge on any atom is -0.756 e. The number of nitrogens with zero attached hydrogens (tertiary/aromatic N) is 1. The van der Waals surface area contributed by atoms with E-state index in [4.69, 9.17) is 9.05 Å². The van der Waals surface area contributed by atoms with Gasteiger partial charge in [-0.1, -0.05) is 306 Å². The molecule has 0 fully saturated rings. The summed E-state index contributed by atoms with van der Waals surface area (Å²) < 4.78 is 23.5. The summed E-state index contributed by atoms with van der Waals surface area (Å²) in [6.07, 6.45) is 76.1. The number of hydrogen-bond acceptors (Lipinski definition) is 6. The number of rotatable bonds is 60. The zero-order chi connectivity index (χ0) is 54.9. The Morgan fingerprint density at radius 3 is 1.19 bits per heavy atom. The highest BCUT2D eigenvalue weighted by atomic mass is 31.2. The summed E-state index contributed by atoms with van der Waals surface area (Å²) in [4.78, 5) is 25.6. The third-order valence-corrected chi connectivity index (χ3v) is 15.8. The molecule has 0 saturated heterocycles. The fourth-order valence-electron chi connectivity index (χ4n) is 9.80. The van der Waals surface area contributed by atoms with Gasteiger partial charge in [0.15, 0.2) is 0 Å². The molecule has 1 amide bonds. The Balaban J connectivity index is 3.91. The van der Waals surface area contributed by atoms with Crippen LogP contribution < -0.4 is 10.2 Å². The largest absolute Gasteiger partial charge is 0.756 e. The van der Waals surface area contributed by atoms with Crippen molar-refractivity contribution in [1.82, 2.24) is 5.32 Å². The predicted molar refractivity (Wildman–Crippen MR) is 325 cm³/mol. The van der Waals surface area contributed by atoms with Crippen molar-refractivity contribution in [3.8, 4) is 0 Å². The van der Waals surface area contributed by atoms with E-state index in [1.807, 2.05) is 21.1 Å². The van der Waals surface area contributed by atoms with Gasteiger partial charge in [-0.3, -0.25) is 9.36 Å². The Hall–Kier alpha value is -1.54. The zero-order valence-electron chi connectivity index (χ0n) is 50.5. The Labute approximate surface area is 467 Å². The summed E-state index contributed by atoms with van der Waals surface area (Å²) >= 11 is 0. The van der Waals surface area contributed by atoms with Crippen molar-refractivity contribution in [3.63, 3.8) is 0 Å². The van der Waals surface area contributed by atoms with Gasteiger partial charge in [0.05, 0.1) is 39.9 Å². The third kappa shape index (κ3) is 60.0. The smallest absolute Gasteiger partial charge is 0.268 e. The van der Waals surface area contributed by atoms with Crippen LogP contribution in [0.4, 0.5) is 0 Å². The molecule has 442 valence electrons. The topological polar surface area (TPSA) is 108 Å². The van der Waals surface area contributed by atoms with E-state index in [9.17, 15) is 19.4 Å². The van der Waals surface area contributed by atoms with Gasteiger partial charge in [-0.05, 0) is 51.4 Å². The average molecular weight is 1080 g/mol. The highest BCUT2D eigenvalue weighted by molar-refractivity contribution is 7.45. The van der Waals surface area contributed by atoms with Gasteiger partial charge in [0, 0.05) is 6.42 Å². The molecule has 0 heterocycles. The molecule has 0 aromatic carbocycles. The third-order valence-electron chi connectivity index (χ3n) is 14.8. The summed E-state index contributed by atoms with van der Waals surface area (Å²) in [5, 5.41) is 14.0. The maximum atomic E-state index is 13.0. The van der Waals surface area contributed by atoms with E-state index < -0.39 is 20.0 Å². The molecule has 0 rings (SSSR count). The molecule has 0 aliphatic heterocycles. The molecule has 9 heteroatoms. The van der Waals surface area contributed by atoms with Crippen LogP contribution in [-0.4, -0.2) is 68.5 Å². The van der Waals surface area contributed by atoms with E-state index in [2.05, 4.69) is 67.8 Å². The number of hydrogen-bond donors (Lipinski definition) is 2. The first-order valence-corrected chi connectivity index (χ1v) is 33.9. The molecule has 0 saturated carbocycles. The lowest BCUT2D eigenvalue weighted by Gasteiger charge is -2.30. The SMILES string of the molecule is CC/C=C\C/C=C\C/C=C\C/C=C\CCCCCCCCCCCCCCCCCCCCCCCCCCC(=O)NC(COP(=O)([O-])OCC[N+](C)(C)C)C(O)CCCCCCCCCCCCCCCCCC. The Bertz CT molecular complexity index is 1360. The first-order chi connectivity index (χ1) is 36.5. The maximum absolute atomic E-state index is 13.0. The van der Waals surface area contributed by atoms with Crippen LogP contribution in [0.2, 0.25) is 0 Å². The van der Waals surface area contributed by atoms with E-state index in [1.165, 1.54) is 225 Å². The Morgan fingerprint density at radius 2 is 0.813 bits per heavy atom.